The number of benzene rings is 2. The van der Waals surface area contributed by atoms with Crippen LogP contribution in [0.15, 0.2) is 42.5 Å². The lowest BCUT2D eigenvalue weighted by Gasteiger charge is -2.42. The van der Waals surface area contributed by atoms with Crippen molar-refractivity contribution in [2.24, 2.45) is 11.8 Å². The maximum absolute atomic E-state index is 13.5. The fraction of sp³-hybridized carbons (Fsp3) is 0.577. The van der Waals surface area contributed by atoms with E-state index >= 15 is 0 Å². The molecule has 2 fully saturated rings. The molecule has 1 amide bonds. The van der Waals surface area contributed by atoms with Crippen LogP contribution in [-0.4, -0.2) is 73.6 Å². The summed E-state index contributed by atoms with van der Waals surface area (Å²) in [5.41, 5.74) is 0.746. The molecule has 4 rings (SSSR count). The van der Waals surface area contributed by atoms with E-state index in [0.717, 1.165) is 54.4 Å². The highest BCUT2D eigenvalue weighted by atomic mass is 32.2. The standard InChI is InChI=1S/C26H36N2O3S2/c1-20(18-32)16-27-13-14-28(17-23(27)8-5-15-33(30,31)19-21-11-12-21)26(29)25-10-4-7-22-6-2-3-9-24(22)25/h2-4,6-7,9-10,20-21,23,32H,5,8,11-19H2,1H3. The zero-order valence-corrected chi connectivity index (χ0v) is 21.2. The number of nitrogens with zero attached hydrogens (tertiary/aromatic N) is 2. The van der Waals surface area contributed by atoms with Crippen molar-refractivity contribution in [1.82, 2.24) is 9.80 Å². The Bertz CT molecular complexity index is 1060. The van der Waals surface area contributed by atoms with E-state index in [-0.39, 0.29) is 17.7 Å². The van der Waals surface area contributed by atoms with Crippen molar-refractivity contribution in [3.63, 3.8) is 0 Å². The van der Waals surface area contributed by atoms with Crippen molar-refractivity contribution in [2.45, 2.75) is 38.6 Å². The number of sulfone groups is 1. The summed E-state index contributed by atoms with van der Waals surface area (Å²) in [5.74, 6) is 2.34. The molecule has 1 aliphatic heterocycles. The van der Waals surface area contributed by atoms with Gasteiger partial charge in [-0.1, -0.05) is 43.3 Å². The molecule has 1 saturated heterocycles. The zero-order valence-electron chi connectivity index (χ0n) is 19.5. The van der Waals surface area contributed by atoms with Gasteiger partial charge in [0.1, 0.15) is 0 Å². The first kappa shape index (κ1) is 24.6. The van der Waals surface area contributed by atoms with Gasteiger partial charge in [-0.25, -0.2) is 8.42 Å². The molecule has 0 N–H and O–H groups in total. The molecule has 0 spiro atoms. The molecule has 1 heterocycles. The van der Waals surface area contributed by atoms with Gasteiger partial charge in [0.05, 0.1) is 11.5 Å². The van der Waals surface area contributed by atoms with Crippen LogP contribution in [-0.2, 0) is 9.84 Å². The average molecular weight is 489 g/mol. The molecule has 180 valence electrons. The maximum Gasteiger partial charge on any atom is 0.254 e. The summed E-state index contributed by atoms with van der Waals surface area (Å²) in [6.45, 7) is 5.27. The third-order valence-corrected chi connectivity index (χ3v) is 9.46. The van der Waals surface area contributed by atoms with Crippen LogP contribution in [0, 0.1) is 11.8 Å². The van der Waals surface area contributed by atoms with Gasteiger partial charge >= 0.3 is 0 Å². The van der Waals surface area contributed by atoms with Crippen molar-refractivity contribution in [3.8, 4) is 0 Å². The highest BCUT2D eigenvalue weighted by molar-refractivity contribution is 7.91. The Labute approximate surface area is 203 Å². The molecule has 2 atom stereocenters. The molecule has 2 aromatic rings. The first-order chi connectivity index (χ1) is 15.9. The number of carbonyl (C=O) groups is 1. The summed E-state index contributed by atoms with van der Waals surface area (Å²) in [5, 5.41) is 2.06. The van der Waals surface area contributed by atoms with Gasteiger partial charge in [-0.05, 0) is 60.1 Å². The quantitative estimate of drug-likeness (QED) is 0.511. The van der Waals surface area contributed by atoms with Gasteiger partial charge in [-0.15, -0.1) is 0 Å². The van der Waals surface area contributed by atoms with E-state index in [9.17, 15) is 13.2 Å². The largest absolute Gasteiger partial charge is 0.336 e. The highest BCUT2D eigenvalue weighted by Gasteiger charge is 2.32. The van der Waals surface area contributed by atoms with Crippen LogP contribution in [0.1, 0.15) is 43.0 Å². The number of thiol groups is 1. The summed E-state index contributed by atoms with van der Waals surface area (Å²) >= 11 is 4.45. The Balaban J connectivity index is 1.45. The van der Waals surface area contributed by atoms with E-state index in [1.54, 1.807) is 0 Å². The van der Waals surface area contributed by atoms with Gasteiger partial charge in [0.15, 0.2) is 9.84 Å². The molecule has 33 heavy (non-hydrogen) atoms. The highest BCUT2D eigenvalue weighted by Crippen LogP contribution is 2.31. The summed E-state index contributed by atoms with van der Waals surface area (Å²) in [4.78, 5) is 17.9. The molecule has 1 saturated carbocycles. The van der Waals surface area contributed by atoms with E-state index in [4.69, 9.17) is 0 Å². The monoisotopic (exact) mass is 488 g/mol. The molecular formula is C26H36N2O3S2. The molecule has 5 nitrogen and oxygen atoms in total. The molecule has 7 heteroatoms. The van der Waals surface area contributed by atoms with Gasteiger partial charge in [0, 0.05) is 37.8 Å². The van der Waals surface area contributed by atoms with Gasteiger partial charge in [-0.3, -0.25) is 9.69 Å². The Morgan fingerprint density at radius 2 is 1.88 bits per heavy atom. The second-order valence-corrected chi connectivity index (χ2v) is 12.5. The summed E-state index contributed by atoms with van der Waals surface area (Å²) in [7, 11) is -2.97. The first-order valence-corrected chi connectivity index (χ1v) is 14.6. The van der Waals surface area contributed by atoms with Gasteiger partial charge < -0.3 is 4.90 Å². The molecule has 2 aliphatic rings. The fourth-order valence-corrected chi connectivity index (χ4v) is 6.84. The number of amides is 1. The molecular weight excluding hydrogens is 452 g/mol. The molecule has 0 aromatic heterocycles. The second-order valence-electron chi connectivity index (χ2n) is 9.91. The molecule has 2 aromatic carbocycles. The van der Waals surface area contributed by atoms with Crippen LogP contribution in [0.5, 0.6) is 0 Å². The lowest BCUT2D eigenvalue weighted by Crippen LogP contribution is -2.55. The van der Waals surface area contributed by atoms with Crippen LogP contribution < -0.4 is 0 Å². The smallest absolute Gasteiger partial charge is 0.254 e. The van der Waals surface area contributed by atoms with Crippen molar-refractivity contribution in [3.05, 3.63) is 48.0 Å². The summed E-state index contributed by atoms with van der Waals surface area (Å²) < 4.78 is 24.8. The summed E-state index contributed by atoms with van der Waals surface area (Å²) in [6, 6.07) is 14.1. The number of piperazine rings is 1. The predicted molar refractivity (Wildman–Crippen MR) is 139 cm³/mol. The topological polar surface area (TPSA) is 57.7 Å². The van der Waals surface area contributed by atoms with E-state index in [2.05, 4.69) is 24.5 Å². The number of rotatable bonds is 10. The molecule has 2 unspecified atom stereocenters. The van der Waals surface area contributed by atoms with Crippen LogP contribution in [0.2, 0.25) is 0 Å². The zero-order chi connectivity index (χ0) is 23.4. The fourth-order valence-electron chi connectivity index (χ4n) is 4.90. The van der Waals surface area contributed by atoms with Crippen LogP contribution in [0.4, 0.5) is 0 Å². The number of hydrogen-bond donors (Lipinski definition) is 1. The predicted octanol–water partition coefficient (Wildman–Crippen LogP) is 4.14. The van der Waals surface area contributed by atoms with E-state index in [0.29, 0.717) is 37.1 Å². The lowest BCUT2D eigenvalue weighted by atomic mass is 10.0. The van der Waals surface area contributed by atoms with Crippen LogP contribution in [0.3, 0.4) is 0 Å². The van der Waals surface area contributed by atoms with Crippen molar-refractivity contribution in [1.29, 1.82) is 0 Å². The normalized spacial score (nSPS) is 20.8. The Kier molecular flexibility index (Phi) is 8.03. The number of fused-ring (bicyclic) bond motifs is 1. The lowest BCUT2D eigenvalue weighted by molar-refractivity contribution is 0.0431. The summed E-state index contributed by atoms with van der Waals surface area (Å²) in [6.07, 6.45) is 3.56. The molecule has 0 bridgehead atoms. The minimum absolute atomic E-state index is 0.0695. The Morgan fingerprint density at radius 1 is 1.12 bits per heavy atom. The van der Waals surface area contributed by atoms with Crippen molar-refractivity contribution in [2.75, 3.05) is 43.4 Å². The maximum atomic E-state index is 13.5. The Morgan fingerprint density at radius 3 is 2.64 bits per heavy atom. The first-order valence-electron chi connectivity index (χ1n) is 12.2. The molecule has 0 radical (unpaired) electrons. The third-order valence-electron chi connectivity index (χ3n) is 6.95. The average Bonchev–Trinajstić information content (AvgIpc) is 3.62. The van der Waals surface area contributed by atoms with E-state index in [1.807, 2.05) is 47.4 Å². The van der Waals surface area contributed by atoms with E-state index in [1.165, 1.54) is 0 Å². The van der Waals surface area contributed by atoms with Crippen molar-refractivity contribution >= 4 is 39.1 Å². The van der Waals surface area contributed by atoms with Crippen LogP contribution >= 0.6 is 12.6 Å². The SMILES string of the molecule is CC(CS)CN1CCN(C(=O)c2cccc3ccccc23)CC1CCCS(=O)(=O)CC1CC1. The molecule has 1 aliphatic carbocycles. The minimum Gasteiger partial charge on any atom is -0.336 e. The minimum atomic E-state index is -2.97. The van der Waals surface area contributed by atoms with E-state index < -0.39 is 9.84 Å². The second kappa shape index (κ2) is 10.8. The van der Waals surface area contributed by atoms with Gasteiger partial charge in [0.2, 0.25) is 0 Å². The van der Waals surface area contributed by atoms with Gasteiger partial charge in [0.25, 0.3) is 5.91 Å². The Hall–Kier alpha value is -1.57. The van der Waals surface area contributed by atoms with Gasteiger partial charge in [-0.2, -0.15) is 12.6 Å². The third kappa shape index (κ3) is 6.52. The van der Waals surface area contributed by atoms with Crippen molar-refractivity contribution < 1.29 is 13.2 Å². The number of carbonyl (C=O) groups excluding carboxylic acids is 1. The number of hydrogen-bond acceptors (Lipinski definition) is 5. The van der Waals surface area contributed by atoms with Crippen LogP contribution in [0.25, 0.3) is 10.8 Å².